The number of carbonyl (C=O) groups is 2. The number of thioether (sulfide) groups is 1. The van der Waals surface area contributed by atoms with Crippen LogP contribution in [0.2, 0.25) is 0 Å². The minimum Gasteiger partial charge on any atom is -0.481 e. The van der Waals surface area contributed by atoms with E-state index < -0.39 is 21.7 Å². The third-order valence-corrected chi connectivity index (χ3v) is 6.29. The van der Waals surface area contributed by atoms with Crippen molar-refractivity contribution in [3.8, 4) is 0 Å². The van der Waals surface area contributed by atoms with Crippen LogP contribution < -0.4 is 0 Å². The summed E-state index contributed by atoms with van der Waals surface area (Å²) in [5, 5.41) is 8.75. The summed E-state index contributed by atoms with van der Waals surface area (Å²) in [5.41, 5.74) is 0. The lowest BCUT2D eigenvalue weighted by molar-refractivity contribution is -0.142. The first kappa shape index (κ1) is 16.3. The highest BCUT2D eigenvalue weighted by atomic mass is 32.2. The molecular formula is C11H19NO5S2. The number of nitrogens with zero attached hydrogens (tertiary/aromatic N) is 1. The lowest BCUT2D eigenvalue weighted by Crippen LogP contribution is -2.35. The number of hydrogen-bond donors (Lipinski definition) is 1. The van der Waals surface area contributed by atoms with Crippen molar-refractivity contribution in [1.29, 1.82) is 0 Å². The Kier molecular flexibility index (Phi) is 5.66. The Balaban J connectivity index is 2.33. The fourth-order valence-corrected chi connectivity index (χ4v) is 5.37. The van der Waals surface area contributed by atoms with Crippen LogP contribution in [0.4, 0.5) is 0 Å². The molecule has 0 aromatic heterocycles. The minimum atomic E-state index is -2.92. The molecule has 1 fully saturated rings. The number of aliphatic carboxylic acids is 1. The SMILES string of the molecule is CC(CN(C)C(=O)CSC1CCS(=O)(=O)C1)C(=O)O. The molecule has 0 aliphatic carbocycles. The highest BCUT2D eigenvalue weighted by Crippen LogP contribution is 2.24. The zero-order valence-electron chi connectivity index (χ0n) is 11.0. The minimum absolute atomic E-state index is 0.0146. The maximum absolute atomic E-state index is 11.8. The fraction of sp³-hybridized carbons (Fsp3) is 0.818. The van der Waals surface area contributed by atoms with Crippen LogP contribution in [0.3, 0.4) is 0 Å². The predicted octanol–water partition coefficient (Wildman–Crippen LogP) is 0.0858. The number of carboxylic acids is 1. The monoisotopic (exact) mass is 309 g/mol. The standard InChI is InChI=1S/C11H19NO5S2/c1-8(11(14)15)5-12(2)10(13)6-18-9-3-4-19(16,17)7-9/h8-9H,3-7H2,1-2H3,(H,14,15). The van der Waals surface area contributed by atoms with Gasteiger partial charge in [0, 0.05) is 18.8 Å². The van der Waals surface area contributed by atoms with Crippen molar-refractivity contribution in [1.82, 2.24) is 4.90 Å². The van der Waals surface area contributed by atoms with Crippen molar-refractivity contribution >= 4 is 33.5 Å². The molecule has 2 atom stereocenters. The van der Waals surface area contributed by atoms with Crippen LogP contribution in [0.15, 0.2) is 0 Å². The van der Waals surface area contributed by atoms with E-state index in [0.717, 1.165) is 0 Å². The van der Waals surface area contributed by atoms with E-state index in [1.54, 1.807) is 14.0 Å². The molecule has 0 aromatic carbocycles. The molecule has 1 amide bonds. The average Bonchev–Trinajstić information content (AvgIpc) is 2.65. The Hall–Kier alpha value is -0.760. The van der Waals surface area contributed by atoms with E-state index in [1.807, 2.05) is 0 Å². The molecule has 1 aliphatic rings. The van der Waals surface area contributed by atoms with Crippen molar-refractivity contribution in [3.63, 3.8) is 0 Å². The van der Waals surface area contributed by atoms with Gasteiger partial charge in [0.2, 0.25) is 5.91 Å². The molecule has 8 heteroatoms. The Morgan fingerprint density at radius 3 is 2.58 bits per heavy atom. The van der Waals surface area contributed by atoms with Crippen molar-refractivity contribution in [2.75, 3.05) is 30.9 Å². The van der Waals surface area contributed by atoms with Gasteiger partial charge < -0.3 is 10.0 Å². The van der Waals surface area contributed by atoms with E-state index >= 15 is 0 Å². The molecule has 1 N–H and O–H groups in total. The van der Waals surface area contributed by atoms with Crippen molar-refractivity contribution in [2.24, 2.45) is 5.92 Å². The molecule has 0 aromatic rings. The quantitative estimate of drug-likeness (QED) is 0.747. The molecule has 1 rings (SSSR count). The molecule has 1 saturated heterocycles. The number of hydrogen-bond acceptors (Lipinski definition) is 5. The third-order valence-electron chi connectivity index (χ3n) is 3.03. The molecule has 0 spiro atoms. The van der Waals surface area contributed by atoms with E-state index in [2.05, 4.69) is 0 Å². The van der Waals surface area contributed by atoms with Gasteiger partial charge in [-0.3, -0.25) is 9.59 Å². The van der Waals surface area contributed by atoms with Crippen LogP contribution in [0, 0.1) is 5.92 Å². The molecule has 2 unspecified atom stereocenters. The maximum Gasteiger partial charge on any atom is 0.308 e. The van der Waals surface area contributed by atoms with Gasteiger partial charge in [-0.15, -0.1) is 11.8 Å². The van der Waals surface area contributed by atoms with Crippen LogP contribution in [-0.2, 0) is 19.4 Å². The molecule has 110 valence electrons. The molecule has 6 nitrogen and oxygen atoms in total. The van der Waals surface area contributed by atoms with Crippen molar-refractivity contribution in [2.45, 2.75) is 18.6 Å². The van der Waals surface area contributed by atoms with E-state index in [9.17, 15) is 18.0 Å². The largest absolute Gasteiger partial charge is 0.481 e. The molecule has 0 radical (unpaired) electrons. The summed E-state index contributed by atoms with van der Waals surface area (Å²) in [5.74, 6) is -1.17. The first-order valence-corrected chi connectivity index (χ1v) is 8.87. The topological polar surface area (TPSA) is 91.8 Å². The Morgan fingerprint density at radius 1 is 1.47 bits per heavy atom. The summed E-state index contributed by atoms with van der Waals surface area (Å²) in [7, 11) is -1.35. The van der Waals surface area contributed by atoms with Crippen LogP contribution in [0.1, 0.15) is 13.3 Å². The second-order valence-corrected chi connectivity index (χ2v) is 8.37. The van der Waals surface area contributed by atoms with Crippen LogP contribution >= 0.6 is 11.8 Å². The van der Waals surface area contributed by atoms with E-state index in [1.165, 1.54) is 16.7 Å². The van der Waals surface area contributed by atoms with Gasteiger partial charge in [-0.1, -0.05) is 6.92 Å². The number of rotatable bonds is 6. The van der Waals surface area contributed by atoms with Gasteiger partial charge in [-0.05, 0) is 6.42 Å². The normalized spacial score (nSPS) is 22.9. The smallest absolute Gasteiger partial charge is 0.308 e. The van der Waals surface area contributed by atoms with Crippen molar-refractivity contribution in [3.05, 3.63) is 0 Å². The number of carbonyl (C=O) groups excluding carboxylic acids is 1. The number of sulfone groups is 1. The molecular weight excluding hydrogens is 290 g/mol. The summed E-state index contributed by atoms with van der Waals surface area (Å²) in [6.07, 6.45) is 0.593. The van der Waals surface area contributed by atoms with Gasteiger partial charge in [-0.25, -0.2) is 8.42 Å². The van der Waals surface area contributed by atoms with E-state index in [4.69, 9.17) is 5.11 Å². The Labute approximate surface area is 117 Å². The molecule has 1 heterocycles. The van der Waals surface area contributed by atoms with Gasteiger partial charge >= 0.3 is 5.97 Å². The van der Waals surface area contributed by atoms with Gasteiger partial charge in [0.25, 0.3) is 0 Å². The highest BCUT2D eigenvalue weighted by Gasteiger charge is 2.29. The lowest BCUT2D eigenvalue weighted by Gasteiger charge is -2.20. The molecule has 1 aliphatic heterocycles. The summed E-state index contributed by atoms with van der Waals surface area (Å²) in [6, 6.07) is 0. The average molecular weight is 309 g/mol. The summed E-state index contributed by atoms with van der Waals surface area (Å²) < 4.78 is 22.5. The van der Waals surface area contributed by atoms with Crippen LogP contribution in [0.25, 0.3) is 0 Å². The summed E-state index contributed by atoms with van der Waals surface area (Å²) in [4.78, 5) is 23.9. The van der Waals surface area contributed by atoms with Gasteiger partial charge in [-0.2, -0.15) is 0 Å². The third kappa shape index (κ3) is 5.40. The van der Waals surface area contributed by atoms with Gasteiger partial charge in [0.1, 0.15) is 0 Å². The van der Waals surface area contributed by atoms with Crippen LogP contribution in [0.5, 0.6) is 0 Å². The van der Waals surface area contributed by atoms with E-state index in [-0.39, 0.29) is 35.0 Å². The van der Waals surface area contributed by atoms with Gasteiger partial charge in [0.05, 0.1) is 23.2 Å². The zero-order chi connectivity index (χ0) is 14.6. The Bertz CT molecular complexity index is 448. The van der Waals surface area contributed by atoms with E-state index in [0.29, 0.717) is 6.42 Å². The summed E-state index contributed by atoms with van der Waals surface area (Å²) >= 11 is 1.34. The lowest BCUT2D eigenvalue weighted by atomic mass is 10.2. The van der Waals surface area contributed by atoms with Crippen LogP contribution in [-0.4, -0.2) is 66.4 Å². The molecule has 19 heavy (non-hydrogen) atoms. The molecule has 0 saturated carbocycles. The molecule has 0 bridgehead atoms. The first-order chi connectivity index (χ1) is 8.71. The van der Waals surface area contributed by atoms with Crippen molar-refractivity contribution < 1.29 is 23.1 Å². The second-order valence-electron chi connectivity index (χ2n) is 4.85. The zero-order valence-corrected chi connectivity index (χ0v) is 12.7. The number of carboxylic acid groups (broad SMARTS) is 1. The Morgan fingerprint density at radius 2 is 2.11 bits per heavy atom. The maximum atomic E-state index is 11.8. The van der Waals surface area contributed by atoms with Gasteiger partial charge in [0.15, 0.2) is 9.84 Å². The first-order valence-electron chi connectivity index (χ1n) is 6.00. The fourth-order valence-electron chi connectivity index (χ4n) is 1.78. The highest BCUT2D eigenvalue weighted by molar-refractivity contribution is 8.02. The predicted molar refractivity (Wildman–Crippen MR) is 74.0 cm³/mol. The summed E-state index contributed by atoms with van der Waals surface area (Å²) in [6.45, 7) is 1.71. The number of amides is 1. The second kappa shape index (κ2) is 6.60.